The minimum atomic E-state index is 0.610. The highest BCUT2D eigenvalue weighted by Gasteiger charge is 2.10. The van der Waals surface area contributed by atoms with Crippen LogP contribution in [0.3, 0.4) is 0 Å². The molecule has 0 atom stereocenters. The van der Waals surface area contributed by atoms with E-state index in [2.05, 4.69) is 23.3 Å². The highest BCUT2D eigenvalue weighted by Crippen LogP contribution is 2.24. The molecular weight excluding hydrogens is 260 g/mol. The van der Waals surface area contributed by atoms with Gasteiger partial charge in [-0.25, -0.2) is 0 Å². The summed E-state index contributed by atoms with van der Waals surface area (Å²) in [6, 6.07) is 11.8. The molecule has 108 valence electrons. The summed E-state index contributed by atoms with van der Waals surface area (Å²) in [4.78, 5) is 4.35. The Bertz CT molecular complexity index is 702. The molecule has 0 bridgehead atoms. The number of hydrogen-bond acceptors (Lipinski definition) is 3. The Morgan fingerprint density at radius 2 is 1.90 bits per heavy atom. The van der Waals surface area contributed by atoms with Gasteiger partial charge in [0.15, 0.2) is 0 Å². The number of benzene rings is 2. The first kappa shape index (κ1) is 14.8. The van der Waals surface area contributed by atoms with Crippen LogP contribution < -0.4 is 11.1 Å². The average molecular weight is 280 g/mol. The lowest BCUT2D eigenvalue weighted by atomic mass is 10.0. The Labute approximate surface area is 125 Å². The van der Waals surface area contributed by atoms with Gasteiger partial charge in [-0.05, 0) is 37.1 Å². The van der Waals surface area contributed by atoms with Crippen molar-refractivity contribution in [2.45, 2.75) is 13.8 Å². The van der Waals surface area contributed by atoms with Crippen LogP contribution in [0.15, 0.2) is 41.4 Å². The molecule has 0 aliphatic heterocycles. The number of nitrogens with one attached hydrogen (secondary N) is 2. The molecule has 0 heterocycles. The lowest BCUT2D eigenvalue weighted by Gasteiger charge is -2.16. The molecule has 21 heavy (non-hydrogen) atoms. The Balaban J connectivity index is 2.42. The zero-order valence-corrected chi connectivity index (χ0v) is 12.6. The van der Waals surface area contributed by atoms with Crippen LogP contribution in [0, 0.1) is 19.3 Å². The van der Waals surface area contributed by atoms with E-state index >= 15 is 0 Å². The second kappa shape index (κ2) is 6.22. The molecule has 2 aromatic rings. The number of aliphatic imine (C=N–C) groups is 1. The van der Waals surface area contributed by atoms with Crippen molar-refractivity contribution in [1.29, 1.82) is 5.41 Å². The summed E-state index contributed by atoms with van der Waals surface area (Å²) in [6.07, 6.45) is 1.28. The third-order valence-electron chi connectivity index (χ3n) is 3.57. The number of rotatable bonds is 3. The standard InChI is InChI=1S/C17H20N4/c1-11-6-4-5-7-13(11)17(20-3)21-16-9-8-15(19)14(10-18)12(16)2/h4-10,18H,19H2,1-3H3,(H,20,21). The maximum atomic E-state index is 7.48. The van der Waals surface area contributed by atoms with Crippen molar-refractivity contribution in [1.82, 2.24) is 0 Å². The minimum Gasteiger partial charge on any atom is -0.398 e. The molecule has 0 fully saturated rings. The average Bonchev–Trinajstić information content (AvgIpc) is 2.48. The van der Waals surface area contributed by atoms with Gasteiger partial charge in [0.1, 0.15) is 5.84 Å². The van der Waals surface area contributed by atoms with Crippen LogP contribution in [0.5, 0.6) is 0 Å². The predicted octanol–water partition coefficient (Wildman–Crippen LogP) is 3.37. The molecule has 0 amide bonds. The summed E-state index contributed by atoms with van der Waals surface area (Å²) in [5.74, 6) is 0.803. The Hall–Kier alpha value is -2.62. The highest BCUT2D eigenvalue weighted by atomic mass is 15.0. The van der Waals surface area contributed by atoms with Gasteiger partial charge in [-0.2, -0.15) is 0 Å². The molecular formula is C17H20N4. The fourth-order valence-electron chi connectivity index (χ4n) is 2.29. The lowest BCUT2D eigenvalue weighted by molar-refractivity contribution is 1.35. The number of anilines is 2. The molecule has 4 heteroatoms. The largest absolute Gasteiger partial charge is 0.398 e. The zero-order valence-electron chi connectivity index (χ0n) is 12.6. The second-order valence-electron chi connectivity index (χ2n) is 4.90. The molecule has 0 spiro atoms. The van der Waals surface area contributed by atoms with E-state index in [0.29, 0.717) is 5.69 Å². The number of nitrogens with zero attached hydrogens (tertiary/aromatic N) is 1. The molecule has 0 aliphatic rings. The van der Waals surface area contributed by atoms with Crippen molar-refractivity contribution in [2.75, 3.05) is 18.1 Å². The van der Waals surface area contributed by atoms with Gasteiger partial charge in [0.05, 0.1) is 0 Å². The third kappa shape index (κ3) is 2.94. The highest BCUT2D eigenvalue weighted by molar-refractivity contribution is 6.10. The second-order valence-corrected chi connectivity index (χ2v) is 4.90. The van der Waals surface area contributed by atoms with Gasteiger partial charge in [0, 0.05) is 35.8 Å². The van der Waals surface area contributed by atoms with Crippen LogP contribution in [-0.2, 0) is 0 Å². The maximum Gasteiger partial charge on any atom is 0.132 e. The summed E-state index contributed by atoms with van der Waals surface area (Å²) in [5.41, 5.74) is 11.3. The van der Waals surface area contributed by atoms with E-state index in [4.69, 9.17) is 11.1 Å². The molecule has 0 saturated heterocycles. The minimum absolute atomic E-state index is 0.610. The van der Waals surface area contributed by atoms with Gasteiger partial charge >= 0.3 is 0 Å². The number of nitrogens with two attached hydrogens (primary N) is 1. The number of aryl methyl sites for hydroxylation is 1. The Morgan fingerprint density at radius 3 is 2.52 bits per heavy atom. The lowest BCUT2D eigenvalue weighted by Crippen LogP contribution is -2.16. The zero-order chi connectivity index (χ0) is 15.4. The Morgan fingerprint density at radius 1 is 1.19 bits per heavy atom. The summed E-state index contributed by atoms with van der Waals surface area (Å²) in [5, 5.41) is 10.8. The van der Waals surface area contributed by atoms with E-state index in [1.54, 1.807) is 13.1 Å². The molecule has 4 nitrogen and oxygen atoms in total. The maximum absolute atomic E-state index is 7.48. The van der Waals surface area contributed by atoms with E-state index < -0.39 is 0 Å². The van der Waals surface area contributed by atoms with E-state index in [1.165, 1.54) is 6.21 Å². The number of amidine groups is 1. The van der Waals surface area contributed by atoms with Gasteiger partial charge in [0.2, 0.25) is 0 Å². The van der Waals surface area contributed by atoms with Gasteiger partial charge < -0.3 is 16.5 Å². The van der Waals surface area contributed by atoms with Gasteiger partial charge in [-0.1, -0.05) is 24.3 Å². The van der Waals surface area contributed by atoms with Crippen LogP contribution in [0.4, 0.5) is 11.4 Å². The third-order valence-corrected chi connectivity index (χ3v) is 3.57. The fourth-order valence-corrected chi connectivity index (χ4v) is 2.29. The van der Waals surface area contributed by atoms with Crippen LogP contribution in [0.1, 0.15) is 22.3 Å². The summed E-state index contributed by atoms with van der Waals surface area (Å²) in [6.45, 7) is 4.01. The molecule has 0 radical (unpaired) electrons. The van der Waals surface area contributed by atoms with Crippen molar-refractivity contribution >= 4 is 23.4 Å². The first-order chi connectivity index (χ1) is 10.1. The van der Waals surface area contributed by atoms with Crippen molar-refractivity contribution in [3.63, 3.8) is 0 Å². The molecule has 0 saturated carbocycles. The van der Waals surface area contributed by atoms with E-state index in [-0.39, 0.29) is 0 Å². The van der Waals surface area contributed by atoms with Crippen molar-refractivity contribution < 1.29 is 0 Å². The van der Waals surface area contributed by atoms with Gasteiger partial charge in [0.25, 0.3) is 0 Å². The molecule has 2 aromatic carbocycles. The van der Waals surface area contributed by atoms with E-state index in [9.17, 15) is 0 Å². The summed E-state index contributed by atoms with van der Waals surface area (Å²) >= 11 is 0. The smallest absolute Gasteiger partial charge is 0.132 e. The molecule has 0 aromatic heterocycles. The first-order valence-corrected chi connectivity index (χ1v) is 6.77. The SMILES string of the molecule is CN=C(Nc1ccc(N)c(C=N)c1C)c1ccccc1C. The van der Waals surface area contributed by atoms with E-state index in [1.807, 2.05) is 31.2 Å². The normalized spacial score (nSPS) is 11.3. The summed E-state index contributed by atoms with van der Waals surface area (Å²) < 4.78 is 0. The van der Waals surface area contributed by atoms with E-state index in [0.717, 1.165) is 33.8 Å². The van der Waals surface area contributed by atoms with Crippen LogP contribution in [0.25, 0.3) is 0 Å². The van der Waals surface area contributed by atoms with Crippen LogP contribution in [-0.4, -0.2) is 19.1 Å². The molecule has 0 unspecified atom stereocenters. The van der Waals surface area contributed by atoms with Crippen LogP contribution in [0.2, 0.25) is 0 Å². The number of hydrogen-bond donors (Lipinski definition) is 3. The Kier molecular flexibility index (Phi) is 4.38. The topological polar surface area (TPSA) is 74.3 Å². The van der Waals surface area contributed by atoms with Crippen molar-refractivity contribution in [3.8, 4) is 0 Å². The monoisotopic (exact) mass is 280 g/mol. The molecule has 2 rings (SSSR count). The molecule has 0 aliphatic carbocycles. The van der Waals surface area contributed by atoms with Gasteiger partial charge in [-0.3, -0.25) is 4.99 Å². The van der Waals surface area contributed by atoms with Gasteiger partial charge in [-0.15, -0.1) is 0 Å². The summed E-state index contributed by atoms with van der Waals surface area (Å²) in [7, 11) is 1.76. The number of nitrogen functional groups attached to an aromatic ring is 1. The first-order valence-electron chi connectivity index (χ1n) is 6.77. The van der Waals surface area contributed by atoms with Crippen molar-refractivity contribution in [3.05, 3.63) is 58.7 Å². The fraction of sp³-hybridized carbons (Fsp3) is 0.176. The van der Waals surface area contributed by atoms with Crippen molar-refractivity contribution in [2.24, 2.45) is 4.99 Å². The quantitative estimate of drug-likeness (QED) is 0.458. The molecule has 4 N–H and O–H groups in total. The van der Waals surface area contributed by atoms with Crippen LogP contribution >= 0.6 is 0 Å². The predicted molar refractivity (Wildman–Crippen MR) is 90.7 cm³/mol.